The molecule has 4 nitrogen and oxygen atoms in total. The van der Waals surface area contributed by atoms with Crippen molar-refractivity contribution in [1.29, 1.82) is 0 Å². The molecule has 0 unspecified atom stereocenters. The van der Waals surface area contributed by atoms with Gasteiger partial charge in [0.25, 0.3) is 0 Å². The summed E-state index contributed by atoms with van der Waals surface area (Å²) in [6.07, 6.45) is 1.72. The summed E-state index contributed by atoms with van der Waals surface area (Å²) in [5.41, 5.74) is 2.46. The summed E-state index contributed by atoms with van der Waals surface area (Å²) >= 11 is 11.8. The van der Waals surface area contributed by atoms with Crippen molar-refractivity contribution in [2.45, 2.75) is 0 Å². The Morgan fingerprint density at radius 2 is 2.00 bits per heavy atom. The summed E-state index contributed by atoms with van der Waals surface area (Å²) in [6.45, 7) is 0. The molecule has 0 radical (unpaired) electrons. The van der Waals surface area contributed by atoms with Gasteiger partial charge in [-0.25, -0.2) is 0 Å². The van der Waals surface area contributed by atoms with Gasteiger partial charge in [0.15, 0.2) is 5.82 Å². The molecule has 0 saturated carbocycles. The first-order valence-corrected chi connectivity index (χ1v) is 6.01. The lowest BCUT2D eigenvalue weighted by molar-refractivity contribution is 1.12. The lowest BCUT2D eigenvalue weighted by Gasteiger charge is -2.04. The number of anilines is 2. The van der Waals surface area contributed by atoms with Gasteiger partial charge in [-0.05, 0) is 30.3 Å². The van der Waals surface area contributed by atoms with E-state index in [9.17, 15) is 0 Å². The molecule has 0 fully saturated rings. The fourth-order valence-electron chi connectivity index (χ4n) is 1.65. The van der Waals surface area contributed by atoms with E-state index in [2.05, 4.69) is 20.5 Å². The Kier molecular flexibility index (Phi) is 2.81. The number of hydrogen-bond donors (Lipinski definition) is 2. The first kappa shape index (κ1) is 11.3. The van der Waals surface area contributed by atoms with Crippen LogP contribution >= 0.6 is 23.2 Å². The average Bonchev–Trinajstić information content (AvgIpc) is 2.78. The number of nitrogens with zero attached hydrogens (tertiary/aromatic N) is 2. The second kappa shape index (κ2) is 4.48. The molecular weight excluding hydrogens is 271 g/mol. The maximum atomic E-state index is 5.96. The second-order valence-electron chi connectivity index (χ2n) is 3.73. The summed E-state index contributed by atoms with van der Waals surface area (Å²) in [5.74, 6) is 0.656. The van der Waals surface area contributed by atoms with Crippen LogP contribution in [0, 0.1) is 0 Å². The number of nitrogens with one attached hydrogen (secondary N) is 2. The fourth-order valence-corrected chi connectivity index (χ4v) is 1.95. The second-order valence-corrected chi connectivity index (χ2v) is 4.54. The van der Waals surface area contributed by atoms with Gasteiger partial charge in [-0.2, -0.15) is 5.10 Å². The quantitative estimate of drug-likeness (QED) is 0.745. The van der Waals surface area contributed by atoms with E-state index >= 15 is 0 Å². The van der Waals surface area contributed by atoms with E-state index < -0.39 is 0 Å². The number of hydrogen-bond acceptors (Lipinski definition) is 3. The van der Waals surface area contributed by atoms with Crippen LogP contribution in [0.2, 0.25) is 10.0 Å². The molecule has 2 aromatic heterocycles. The Labute approximate surface area is 113 Å². The van der Waals surface area contributed by atoms with Gasteiger partial charge in [-0.1, -0.05) is 23.2 Å². The zero-order valence-corrected chi connectivity index (χ0v) is 10.6. The van der Waals surface area contributed by atoms with Crippen LogP contribution in [-0.2, 0) is 0 Å². The number of fused-ring (bicyclic) bond motifs is 1. The Bertz CT molecular complexity index is 708. The van der Waals surface area contributed by atoms with Crippen molar-refractivity contribution in [1.82, 2.24) is 15.2 Å². The van der Waals surface area contributed by atoms with E-state index in [1.54, 1.807) is 18.3 Å². The van der Waals surface area contributed by atoms with Crippen LogP contribution in [0.5, 0.6) is 0 Å². The molecule has 3 aromatic rings. The number of aromatic amines is 1. The van der Waals surface area contributed by atoms with Gasteiger partial charge in [0.2, 0.25) is 0 Å². The molecule has 0 bridgehead atoms. The SMILES string of the molecule is Clc1ccc(Nc2n[nH]c3cccnc23)cc1Cl. The van der Waals surface area contributed by atoms with E-state index in [1.807, 2.05) is 18.2 Å². The monoisotopic (exact) mass is 278 g/mol. The summed E-state index contributed by atoms with van der Waals surface area (Å²) in [6, 6.07) is 9.07. The van der Waals surface area contributed by atoms with Crippen LogP contribution in [0.4, 0.5) is 11.5 Å². The highest BCUT2D eigenvalue weighted by atomic mass is 35.5. The standard InChI is InChI=1S/C12H8Cl2N4/c13-8-4-3-7(6-9(8)14)16-12-11-10(17-18-12)2-1-5-15-11/h1-6H,(H2,16,17,18). The smallest absolute Gasteiger partial charge is 0.178 e. The topological polar surface area (TPSA) is 53.6 Å². The number of rotatable bonds is 2. The van der Waals surface area contributed by atoms with Gasteiger partial charge in [-0.3, -0.25) is 10.1 Å². The Morgan fingerprint density at radius 1 is 1.11 bits per heavy atom. The predicted octanol–water partition coefficient (Wildman–Crippen LogP) is 4.01. The summed E-state index contributed by atoms with van der Waals surface area (Å²) < 4.78 is 0. The number of halogens is 2. The van der Waals surface area contributed by atoms with Crippen molar-refractivity contribution in [3.63, 3.8) is 0 Å². The van der Waals surface area contributed by atoms with Gasteiger partial charge in [0.1, 0.15) is 5.52 Å². The lowest BCUT2D eigenvalue weighted by atomic mass is 10.3. The molecule has 0 amide bonds. The minimum atomic E-state index is 0.495. The predicted molar refractivity (Wildman–Crippen MR) is 73.6 cm³/mol. The van der Waals surface area contributed by atoms with E-state index in [0.29, 0.717) is 15.9 Å². The van der Waals surface area contributed by atoms with Crippen LogP contribution in [0.3, 0.4) is 0 Å². The summed E-state index contributed by atoms with van der Waals surface area (Å²) in [7, 11) is 0. The maximum Gasteiger partial charge on any atom is 0.178 e. The number of pyridine rings is 1. The molecule has 2 heterocycles. The molecule has 0 aliphatic heterocycles. The van der Waals surface area contributed by atoms with E-state index in [4.69, 9.17) is 23.2 Å². The van der Waals surface area contributed by atoms with Crippen LogP contribution in [-0.4, -0.2) is 15.2 Å². The largest absolute Gasteiger partial charge is 0.337 e. The Balaban J connectivity index is 1.98. The summed E-state index contributed by atoms with van der Waals surface area (Å²) in [5, 5.41) is 11.2. The van der Waals surface area contributed by atoms with Crippen molar-refractivity contribution in [3.05, 3.63) is 46.6 Å². The van der Waals surface area contributed by atoms with Gasteiger partial charge in [0.05, 0.1) is 15.6 Å². The van der Waals surface area contributed by atoms with Crippen LogP contribution in [0.1, 0.15) is 0 Å². The van der Waals surface area contributed by atoms with Gasteiger partial charge in [-0.15, -0.1) is 0 Å². The van der Waals surface area contributed by atoms with E-state index in [0.717, 1.165) is 16.7 Å². The molecule has 0 atom stereocenters. The van der Waals surface area contributed by atoms with Crippen molar-refractivity contribution >= 4 is 45.7 Å². The zero-order chi connectivity index (χ0) is 12.5. The molecule has 0 aliphatic rings. The third-order valence-electron chi connectivity index (χ3n) is 2.50. The third-order valence-corrected chi connectivity index (χ3v) is 3.24. The molecular formula is C12H8Cl2N4. The summed E-state index contributed by atoms with van der Waals surface area (Å²) in [4.78, 5) is 4.26. The first-order valence-electron chi connectivity index (χ1n) is 5.25. The molecule has 90 valence electrons. The molecule has 1 aromatic carbocycles. The van der Waals surface area contributed by atoms with E-state index in [-0.39, 0.29) is 0 Å². The highest BCUT2D eigenvalue weighted by Crippen LogP contribution is 2.28. The van der Waals surface area contributed by atoms with Crippen LogP contribution in [0.25, 0.3) is 11.0 Å². The van der Waals surface area contributed by atoms with E-state index in [1.165, 1.54) is 0 Å². The highest BCUT2D eigenvalue weighted by Gasteiger charge is 2.07. The minimum Gasteiger partial charge on any atom is -0.337 e. The highest BCUT2D eigenvalue weighted by molar-refractivity contribution is 6.42. The van der Waals surface area contributed by atoms with Gasteiger partial charge in [0, 0.05) is 11.9 Å². The number of aromatic nitrogens is 3. The molecule has 2 N–H and O–H groups in total. The maximum absolute atomic E-state index is 5.96. The third kappa shape index (κ3) is 2.00. The van der Waals surface area contributed by atoms with Gasteiger partial charge >= 0.3 is 0 Å². The number of H-pyrrole nitrogens is 1. The molecule has 18 heavy (non-hydrogen) atoms. The Hall–Kier alpha value is -1.78. The van der Waals surface area contributed by atoms with Crippen LogP contribution in [0.15, 0.2) is 36.5 Å². The van der Waals surface area contributed by atoms with Crippen molar-refractivity contribution < 1.29 is 0 Å². The van der Waals surface area contributed by atoms with Gasteiger partial charge < -0.3 is 5.32 Å². The van der Waals surface area contributed by atoms with Crippen molar-refractivity contribution in [2.24, 2.45) is 0 Å². The lowest BCUT2D eigenvalue weighted by Crippen LogP contribution is -1.91. The van der Waals surface area contributed by atoms with Crippen molar-refractivity contribution in [2.75, 3.05) is 5.32 Å². The minimum absolute atomic E-state index is 0.495. The molecule has 0 spiro atoms. The molecule has 3 rings (SSSR count). The van der Waals surface area contributed by atoms with Crippen molar-refractivity contribution in [3.8, 4) is 0 Å². The molecule has 6 heteroatoms. The first-order chi connectivity index (χ1) is 8.74. The Morgan fingerprint density at radius 3 is 2.83 bits per heavy atom. The number of benzene rings is 1. The zero-order valence-electron chi connectivity index (χ0n) is 9.11. The molecule has 0 saturated heterocycles. The molecule has 0 aliphatic carbocycles. The fraction of sp³-hybridized carbons (Fsp3) is 0. The van der Waals surface area contributed by atoms with Crippen LogP contribution < -0.4 is 5.32 Å². The normalized spacial score (nSPS) is 10.8. The average molecular weight is 279 g/mol.